The zero-order chi connectivity index (χ0) is 23.1. The predicted octanol–water partition coefficient (Wildman–Crippen LogP) is 2.69. The number of benzene rings is 1. The second kappa shape index (κ2) is 8.41. The van der Waals surface area contributed by atoms with Gasteiger partial charge in [0, 0.05) is 44.1 Å². The minimum Gasteiger partial charge on any atom is -0.336 e. The molecule has 33 heavy (non-hydrogen) atoms. The van der Waals surface area contributed by atoms with Crippen LogP contribution in [-0.4, -0.2) is 64.5 Å². The molecule has 0 N–H and O–H groups in total. The molecule has 2 amide bonds. The Hall–Kier alpha value is -3.57. The van der Waals surface area contributed by atoms with Crippen molar-refractivity contribution in [3.05, 3.63) is 58.8 Å². The van der Waals surface area contributed by atoms with Gasteiger partial charge in [-0.1, -0.05) is 6.07 Å². The van der Waals surface area contributed by atoms with E-state index in [4.69, 9.17) is 5.26 Å². The van der Waals surface area contributed by atoms with E-state index < -0.39 is 5.92 Å². The Morgan fingerprint density at radius 2 is 2.00 bits per heavy atom. The van der Waals surface area contributed by atoms with Gasteiger partial charge in [-0.2, -0.15) is 15.4 Å². The minimum absolute atomic E-state index is 0.0290. The molecular weight excluding hydrogens is 416 g/mol. The van der Waals surface area contributed by atoms with E-state index >= 15 is 0 Å². The van der Waals surface area contributed by atoms with Crippen molar-refractivity contribution in [3.63, 3.8) is 0 Å². The van der Waals surface area contributed by atoms with E-state index in [-0.39, 0.29) is 11.8 Å². The first-order chi connectivity index (χ1) is 16.0. The first kappa shape index (κ1) is 21.3. The summed E-state index contributed by atoms with van der Waals surface area (Å²) in [6.07, 6.45) is 5.66. The number of aryl methyl sites for hydroxylation is 1. The van der Waals surface area contributed by atoms with Crippen LogP contribution < -0.4 is 5.01 Å². The van der Waals surface area contributed by atoms with Gasteiger partial charge in [0.1, 0.15) is 5.92 Å². The molecule has 1 aromatic carbocycles. The van der Waals surface area contributed by atoms with Gasteiger partial charge in [-0.05, 0) is 62.1 Å². The SMILES string of the molecule is Cc1cc(C#N)ccc1C1C=NN(c2ccc(C(=O)N3CCN(C4CC4)[C@@H](C)C3)cn2)C1=O. The van der Waals surface area contributed by atoms with Gasteiger partial charge in [0.25, 0.3) is 11.8 Å². The summed E-state index contributed by atoms with van der Waals surface area (Å²) < 4.78 is 0. The number of carbonyl (C=O) groups is 2. The summed E-state index contributed by atoms with van der Waals surface area (Å²) in [5, 5.41) is 14.6. The van der Waals surface area contributed by atoms with Crippen molar-refractivity contribution < 1.29 is 9.59 Å². The summed E-state index contributed by atoms with van der Waals surface area (Å²) in [4.78, 5) is 34.8. The Morgan fingerprint density at radius 3 is 2.64 bits per heavy atom. The molecule has 2 aromatic rings. The van der Waals surface area contributed by atoms with Gasteiger partial charge in [0.15, 0.2) is 5.82 Å². The van der Waals surface area contributed by atoms with Crippen LogP contribution in [0.1, 0.15) is 52.7 Å². The fourth-order valence-electron chi connectivity index (χ4n) is 4.79. The number of nitrogens with zero attached hydrogens (tertiary/aromatic N) is 6. The summed E-state index contributed by atoms with van der Waals surface area (Å²) in [5.74, 6) is -0.378. The number of hydrogen-bond donors (Lipinski definition) is 0. The van der Waals surface area contributed by atoms with Gasteiger partial charge in [-0.3, -0.25) is 14.5 Å². The van der Waals surface area contributed by atoms with Crippen LogP contribution in [0.15, 0.2) is 41.6 Å². The van der Waals surface area contributed by atoms with E-state index in [1.54, 1.807) is 36.5 Å². The molecule has 1 aromatic heterocycles. The summed E-state index contributed by atoms with van der Waals surface area (Å²) in [6.45, 7) is 6.42. The van der Waals surface area contributed by atoms with Gasteiger partial charge in [0.2, 0.25) is 0 Å². The van der Waals surface area contributed by atoms with Crippen molar-refractivity contribution >= 4 is 23.8 Å². The monoisotopic (exact) mass is 442 g/mol. The lowest BCUT2D eigenvalue weighted by Crippen LogP contribution is -2.54. The molecule has 2 atom stereocenters. The zero-order valence-electron chi connectivity index (χ0n) is 18.8. The largest absolute Gasteiger partial charge is 0.336 e. The van der Waals surface area contributed by atoms with Crippen LogP contribution in [0.2, 0.25) is 0 Å². The Balaban J connectivity index is 1.26. The maximum Gasteiger partial charge on any atom is 0.261 e. The molecule has 8 heteroatoms. The van der Waals surface area contributed by atoms with Crippen molar-refractivity contribution in [2.45, 2.75) is 44.7 Å². The van der Waals surface area contributed by atoms with E-state index in [1.807, 2.05) is 11.8 Å². The number of carbonyl (C=O) groups excluding carboxylic acids is 2. The van der Waals surface area contributed by atoms with E-state index in [1.165, 1.54) is 24.0 Å². The third kappa shape index (κ3) is 4.00. The highest BCUT2D eigenvalue weighted by atomic mass is 16.2. The molecule has 0 radical (unpaired) electrons. The maximum atomic E-state index is 13.0. The lowest BCUT2D eigenvalue weighted by molar-refractivity contribution is -0.118. The summed E-state index contributed by atoms with van der Waals surface area (Å²) >= 11 is 0. The lowest BCUT2D eigenvalue weighted by Gasteiger charge is -2.40. The van der Waals surface area contributed by atoms with Crippen LogP contribution in [0.3, 0.4) is 0 Å². The molecule has 2 fully saturated rings. The molecule has 8 nitrogen and oxygen atoms in total. The highest BCUT2D eigenvalue weighted by Crippen LogP contribution is 2.31. The van der Waals surface area contributed by atoms with Crippen LogP contribution in [0.4, 0.5) is 5.82 Å². The molecule has 1 saturated heterocycles. The Labute approximate surface area is 193 Å². The molecule has 2 aliphatic heterocycles. The second-order valence-electron chi connectivity index (χ2n) is 9.05. The molecule has 1 unspecified atom stereocenters. The Morgan fingerprint density at radius 1 is 1.18 bits per heavy atom. The molecule has 1 saturated carbocycles. The third-order valence-corrected chi connectivity index (χ3v) is 6.73. The standard InChI is InChI=1S/C25H26N6O2/c1-16-11-18(12-26)3-7-21(16)22-14-28-31(25(22)33)23-8-4-19(13-27-23)24(32)29-9-10-30(17(2)15-29)20-5-6-20/h3-4,7-8,11,13-14,17,20,22H,5-6,9-10,15H2,1-2H3/t17-,22?/m0/s1. The zero-order valence-corrected chi connectivity index (χ0v) is 18.8. The number of pyridine rings is 1. The number of piperazine rings is 1. The first-order valence-corrected chi connectivity index (χ1v) is 11.4. The number of anilines is 1. The Bertz CT molecular complexity index is 1160. The molecule has 3 aliphatic rings. The molecule has 168 valence electrons. The fourth-order valence-corrected chi connectivity index (χ4v) is 4.79. The number of amides is 2. The topological polar surface area (TPSA) is 92.9 Å². The number of rotatable bonds is 4. The highest BCUT2D eigenvalue weighted by Gasteiger charge is 2.37. The van der Waals surface area contributed by atoms with Gasteiger partial charge in [-0.15, -0.1) is 0 Å². The number of aromatic nitrogens is 1. The van der Waals surface area contributed by atoms with Gasteiger partial charge >= 0.3 is 0 Å². The summed E-state index contributed by atoms with van der Waals surface area (Å²) in [6, 6.07) is 11.8. The summed E-state index contributed by atoms with van der Waals surface area (Å²) in [5.41, 5.74) is 2.75. The smallest absolute Gasteiger partial charge is 0.261 e. The Kier molecular flexibility index (Phi) is 5.43. The normalized spacial score (nSPS) is 23.1. The number of nitriles is 1. The van der Waals surface area contributed by atoms with Gasteiger partial charge in [0.05, 0.1) is 17.2 Å². The average Bonchev–Trinajstić information content (AvgIpc) is 3.60. The quantitative estimate of drug-likeness (QED) is 0.726. The molecule has 1 aliphatic carbocycles. The van der Waals surface area contributed by atoms with Crippen molar-refractivity contribution in [2.75, 3.05) is 24.6 Å². The third-order valence-electron chi connectivity index (χ3n) is 6.73. The number of hydrogen-bond acceptors (Lipinski definition) is 6. The van der Waals surface area contributed by atoms with E-state index in [0.29, 0.717) is 29.0 Å². The number of hydrazone groups is 1. The van der Waals surface area contributed by atoms with Crippen molar-refractivity contribution in [1.29, 1.82) is 5.26 Å². The lowest BCUT2D eigenvalue weighted by atomic mass is 9.94. The maximum absolute atomic E-state index is 13.0. The van der Waals surface area contributed by atoms with Crippen LogP contribution >= 0.6 is 0 Å². The van der Waals surface area contributed by atoms with Crippen LogP contribution in [0.5, 0.6) is 0 Å². The first-order valence-electron chi connectivity index (χ1n) is 11.4. The fraction of sp³-hybridized carbons (Fsp3) is 0.400. The molecule has 3 heterocycles. The molecular formula is C25H26N6O2. The van der Waals surface area contributed by atoms with Crippen molar-refractivity contribution in [1.82, 2.24) is 14.8 Å². The molecule has 0 spiro atoms. The van der Waals surface area contributed by atoms with E-state index in [0.717, 1.165) is 30.8 Å². The summed E-state index contributed by atoms with van der Waals surface area (Å²) in [7, 11) is 0. The van der Waals surface area contributed by atoms with Gasteiger partial charge in [-0.25, -0.2) is 4.98 Å². The van der Waals surface area contributed by atoms with Crippen molar-refractivity contribution in [2.24, 2.45) is 5.10 Å². The van der Waals surface area contributed by atoms with E-state index in [9.17, 15) is 9.59 Å². The van der Waals surface area contributed by atoms with Crippen LogP contribution in [0, 0.1) is 18.3 Å². The van der Waals surface area contributed by atoms with Crippen LogP contribution in [0.25, 0.3) is 0 Å². The van der Waals surface area contributed by atoms with Crippen molar-refractivity contribution in [3.8, 4) is 6.07 Å². The average molecular weight is 443 g/mol. The molecule has 0 bridgehead atoms. The van der Waals surface area contributed by atoms with Crippen LogP contribution in [-0.2, 0) is 4.79 Å². The molecule has 5 rings (SSSR count). The second-order valence-corrected chi connectivity index (χ2v) is 9.05. The van der Waals surface area contributed by atoms with Gasteiger partial charge < -0.3 is 4.90 Å². The van der Waals surface area contributed by atoms with E-state index in [2.05, 4.69) is 28.0 Å². The minimum atomic E-state index is -0.523. The highest BCUT2D eigenvalue weighted by molar-refractivity contribution is 6.12. The predicted molar refractivity (Wildman–Crippen MR) is 124 cm³/mol.